The highest BCUT2D eigenvalue weighted by Crippen LogP contribution is 2.27. The summed E-state index contributed by atoms with van der Waals surface area (Å²) in [5.41, 5.74) is 2.82. The fourth-order valence-corrected chi connectivity index (χ4v) is 5.14. The van der Waals surface area contributed by atoms with Crippen LogP contribution in [0, 0.1) is 6.92 Å². The molecule has 1 aliphatic heterocycles. The Hall–Kier alpha value is -2.65. The molecule has 29 heavy (non-hydrogen) atoms. The fraction of sp³-hybridized carbons (Fsp3) is 0.400. The van der Waals surface area contributed by atoms with Gasteiger partial charge in [-0.15, -0.1) is 10.2 Å². The van der Waals surface area contributed by atoms with Crippen molar-refractivity contribution in [2.75, 3.05) is 24.5 Å². The van der Waals surface area contributed by atoms with Crippen molar-refractivity contribution in [3.05, 3.63) is 48.0 Å². The molecule has 0 aliphatic carbocycles. The summed E-state index contributed by atoms with van der Waals surface area (Å²) < 4.78 is 33.4. The highest BCUT2D eigenvalue weighted by Gasteiger charge is 2.33. The Bertz CT molecular complexity index is 1100. The second-order valence-electron chi connectivity index (χ2n) is 7.35. The molecule has 3 heterocycles. The average Bonchev–Trinajstić information content (AvgIpc) is 3.37. The standard InChI is InChI=1S/C20H25N5O3S/c1-4-19-22-23-20(28-19)18-11-17(12-21-18)29(26,27)24-8-9-25(15(3)13-24)16-7-5-6-14(2)10-16/h5-7,10-12,15,21H,4,8-9,13H2,1-3H3. The zero-order chi connectivity index (χ0) is 20.6. The summed E-state index contributed by atoms with van der Waals surface area (Å²) in [4.78, 5) is 5.41. The Kier molecular flexibility index (Phi) is 5.18. The van der Waals surface area contributed by atoms with Crippen LogP contribution in [-0.4, -0.2) is 53.6 Å². The maximum absolute atomic E-state index is 13.2. The minimum absolute atomic E-state index is 0.0711. The summed E-state index contributed by atoms with van der Waals surface area (Å²) in [5.74, 6) is 0.807. The first-order valence-corrected chi connectivity index (χ1v) is 11.2. The van der Waals surface area contributed by atoms with Crippen LogP contribution in [0.25, 0.3) is 11.6 Å². The third kappa shape index (κ3) is 3.79. The van der Waals surface area contributed by atoms with Crippen molar-refractivity contribution in [1.82, 2.24) is 19.5 Å². The van der Waals surface area contributed by atoms with Gasteiger partial charge in [0.15, 0.2) is 0 Å². The summed E-state index contributed by atoms with van der Waals surface area (Å²) in [7, 11) is -3.61. The smallest absolute Gasteiger partial charge is 0.264 e. The van der Waals surface area contributed by atoms with Crippen molar-refractivity contribution in [2.24, 2.45) is 0 Å². The number of aryl methyl sites for hydroxylation is 2. The summed E-state index contributed by atoms with van der Waals surface area (Å²) in [6.07, 6.45) is 2.11. The Labute approximate surface area is 170 Å². The third-order valence-corrected chi connectivity index (χ3v) is 7.06. The van der Waals surface area contributed by atoms with E-state index >= 15 is 0 Å². The average molecular weight is 416 g/mol. The van der Waals surface area contributed by atoms with Crippen molar-refractivity contribution in [2.45, 2.75) is 38.1 Å². The molecule has 0 bridgehead atoms. The first kappa shape index (κ1) is 19.7. The van der Waals surface area contributed by atoms with Gasteiger partial charge < -0.3 is 14.3 Å². The molecule has 4 rings (SSSR count). The number of nitrogens with zero attached hydrogens (tertiary/aromatic N) is 4. The molecule has 1 saturated heterocycles. The van der Waals surface area contributed by atoms with Crippen LogP contribution < -0.4 is 4.90 Å². The number of anilines is 1. The minimum atomic E-state index is -3.61. The predicted molar refractivity (Wildman–Crippen MR) is 110 cm³/mol. The molecule has 0 spiro atoms. The van der Waals surface area contributed by atoms with Gasteiger partial charge in [-0.25, -0.2) is 8.42 Å². The number of aromatic amines is 1. The molecule has 1 N–H and O–H groups in total. The van der Waals surface area contributed by atoms with E-state index < -0.39 is 10.0 Å². The molecule has 1 atom stereocenters. The van der Waals surface area contributed by atoms with E-state index in [2.05, 4.69) is 52.1 Å². The van der Waals surface area contributed by atoms with Gasteiger partial charge in [-0.05, 0) is 37.6 Å². The Balaban J connectivity index is 1.51. The zero-order valence-corrected chi connectivity index (χ0v) is 17.6. The molecule has 0 radical (unpaired) electrons. The van der Waals surface area contributed by atoms with Gasteiger partial charge in [0.05, 0.1) is 0 Å². The molecule has 0 saturated carbocycles. The van der Waals surface area contributed by atoms with Gasteiger partial charge >= 0.3 is 0 Å². The molecular weight excluding hydrogens is 390 g/mol. The number of H-pyrrole nitrogens is 1. The van der Waals surface area contributed by atoms with E-state index in [-0.39, 0.29) is 10.9 Å². The highest BCUT2D eigenvalue weighted by molar-refractivity contribution is 7.89. The summed E-state index contributed by atoms with van der Waals surface area (Å²) in [5, 5.41) is 7.89. The molecule has 3 aromatic rings. The van der Waals surface area contributed by atoms with Gasteiger partial charge in [-0.1, -0.05) is 19.1 Å². The number of aromatic nitrogens is 3. The zero-order valence-electron chi connectivity index (χ0n) is 16.8. The SMILES string of the molecule is CCc1nnc(-c2cc(S(=O)(=O)N3CCN(c4cccc(C)c4)C(C)C3)c[nH]2)o1. The molecule has 0 amide bonds. The molecule has 8 nitrogen and oxygen atoms in total. The molecule has 9 heteroatoms. The Morgan fingerprint density at radius 3 is 2.76 bits per heavy atom. The quantitative estimate of drug-likeness (QED) is 0.688. The topological polar surface area (TPSA) is 95.3 Å². The van der Waals surface area contributed by atoms with Gasteiger partial charge in [-0.3, -0.25) is 0 Å². The third-order valence-electron chi connectivity index (χ3n) is 5.22. The molecular formula is C20H25N5O3S. The van der Waals surface area contributed by atoms with E-state index in [0.29, 0.717) is 43.5 Å². The van der Waals surface area contributed by atoms with Crippen molar-refractivity contribution >= 4 is 15.7 Å². The highest BCUT2D eigenvalue weighted by atomic mass is 32.2. The lowest BCUT2D eigenvalue weighted by Crippen LogP contribution is -2.53. The van der Waals surface area contributed by atoms with Crippen molar-refractivity contribution in [1.29, 1.82) is 0 Å². The number of nitrogens with one attached hydrogen (secondary N) is 1. The first-order valence-electron chi connectivity index (χ1n) is 9.73. The van der Waals surface area contributed by atoms with E-state index in [1.165, 1.54) is 11.8 Å². The Morgan fingerprint density at radius 2 is 2.07 bits per heavy atom. The maximum Gasteiger partial charge on any atom is 0.264 e. The van der Waals surface area contributed by atoms with E-state index in [1.807, 2.05) is 13.0 Å². The lowest BCUT2D eigenvalue weighted by Gasteiger charge is -2.40. The number of hydrogen-bond donors (Lipinski definition) is 1. The van der Waals surface area contributed by atoms with Crippen LogP contribution >= 0.6 is 0 Å². The largest absolute Gasteiger partial charge is 0.419 e. The fourth-order valence-electron chi connectivity index (χ4n) is 3.63. The minimum Gasteiger partial charge on any atom is -0.419 e. The van der Waals surface area contributed by atoms with Crippen LogP contribution in [0.5, 0.6) is 0 Å². The normalized spacial score (nSPS) is 18.3. The molecule has 1 unspecified atom stereocenters. The second kappa shape index (κ2) is 7.64. The lowest BCUT2D eigenvalue weighted by molar-refractivity contribution is 0.342. The van der Waals surface area contributed by atoms with Crippen LogP contribution in [0.4, 0.5) is 5.69 Å². The number of rotatable bonds is 5. The maximum atomic E-state index is 13.2. The van der Waals surface area contributed by atoms with Crippen LogP contribution in [0.2, 0.25) is 0 Å². The van der Waals surface area contributed by atoms with Crippen molar-refractivity contribution in [3.63, 3.8) is 0 Å². The monoisotopic (exact) mass is 415 g/mol. The van der Waals surface area contributed by atoms with Crippen molar-refractivity contribution in [3.8, 4) is 11.6 Å². The predicted octanol–water partition coefficient (Wildman–Crippen LogP) is 2.83. The summed E-state index contributed by atoms with van der Waals surface area (Å²) in [6.45, 7) is 7.53. The molecule has 1 aliphatic rings. The van der Waals surface area contributed by atoms with Gasteiger partial charge in [0.2, 0.25) is 15.9 Å². The Morgan fingerprint density at radius 1 is 1.24 bits per heavy atom. The number of benzene rings is 1. The lowest BCUT2D eigenvalue weighted by atomic mass is 10.1. The number of piperazine rings is 1. The van der Waals surface area contributed by atoms with Crippen LogP contribution in [0.15, 0.2) is 45.8 Å². The summed E-state index contributed by atoms with van der Waals surface area (Å²) >= 11 is 0. The van der Waals surface area contributed by atoms with E-state index in [1.54, 1.807) is 10.4 Å². The van der Waals surface area contributed by atoms with Crippen LogP contribution in [0.3, 0.4) is 0 Å². The van der Waals surface area contributed by atoms with Gasteiger partial charge in [0.25, 0.3) is 5.89 Å². The molecule has 2 aromatic heterocycles. The molecule has 154 valence electrons. The number of hydrogen-bond acceptors (Lipinski definition) is 6. The van der Waals surface area contributed by atoms with Crippen molar-refractivity contribution < 1.29 is 12.8 Å². The molecule has 1 aromatic carbocycles. The molecule has 1 fully saturated rings. The van der Waals surface area contributed by atoms with Crippen LogP contribution in [0.1, 0.15) is 25.3 Å². The van der Waals surface area contributed by atoms with E-state index in [9.17, 15) is 8.42 Å². The van der Waals surface area contributed by atoms with Crippen LogP contribution in [-0.2, 0) is 16.4 Å². The van der Waals surface area contributed by atoms with Gasteiger partial charge in [0, 0.05) is 44.0 Å². The number of sulfonamides is 1. The van der Waals surface area contributed by atoms with Gasteiger partial charge in [0.1, 0.15) is 10.6 Å². The second-order valence-corrected chi connectivity index (χ2v) is 9.29. The van der Waals surface area contributed by atoms with Gasteiger partial charge in [-0.2, -0.15) is 4.31 Å². The first-order chi connectivity index (χ1) is 13.9. The van der Waals surface area contributed by atoms with E-state index in [0.717, 1.165) is 5.69 Å². The van der Waals surface area contributed by atoms with E-state index in [4.69, 9.17) is 4.42 Å². The summed E-state index contributed by atoms with van der Waals surface area (Å²) in [6, 6.07) is 9.92.